The number of fused-ring (bicyclic) bond motifs is 1. The van der Waals surface area contributed by atoms with E-state index in [9.17, 15) is 9.59 Å². The molecule has 38 heavy (non-hydrogen) atoms. The van der Waals surface area contributed by atoms with E-state index in [1.807, 2.05) is 32.0 Å². The molecule has 0 spiro atoms. The van der Waals surface area contributed by atoms with E-state index in [0.717, 1.165) is 22.4 Å². The zero-order valence-electron chi connectivity index (χ0n) is 21.7. The third-order valence-corrected chi connectivity index (χ3v) is 6.68. The normalized spacial score (nSPS) is 11.5. The summed E-state index contributed by atoms with van der Waals surface area (Å²) in [5.41, 5.74) is 3.28. The van der Waals surface area contributed by atoms with Gasteiger partial charge in [-0.2, -0.15) is 9.78 Å². The van der Waals surface area contributed by atoms with Crippen molar-refractivity contribution < 1.29 is 14.3 Å². The lowest BCUT2D eigenvalue weighted by atomic mass is 9.96. The van der Waals surface area contributed by atoms with Crippen LogP contribution in [0, 0.1) is 6.92 Å². The summed E-state index contributed by atoms with van der Waals surface area (Å²) in [6.07, 6.45) is 1.43. The van der Waals surface area contributed by atoms with Gasteiger partial charge in [-0.1, -0.05) is 37.6 Å². The van der Waals surface area contributed by atoms with E-state index in [4.69, 9.17) is 26.1 Å². The highest BCUT2D eigenvalue weighted by Crippen LogP contribution is 2.35. The van der Waals surface area contributed by atoms with Gasteiger partial charge in [0.05, 0.1) is 28.2 Å². The van der Waals surface area contributed by atoms with Crippen LogP contribution >= 0.6 is 27.5 Å². The van der Waals surface area contributed by atoms with Crippen LogP contribution in [0.3, 0.4) is 0 Å². The molecule has 1 aromatic heterocycles. The van der Waals surface area contributed by atoms with Gasteiger partial charge in [0.2, 0.25) is 0 Å². The van der Waals surface area contributed by atoms with Crippen molar-refractivity contribution >= 4 is 50.6 Å². The second kappa shape index (κ2) is 11.5. The van der Waals surface area contributed by atoms with Crippen LogP contribution in [0.5, 0.6) is 11.5 Å². The highest BCUT2D eigenvalue weighted by atomic mass is 79.9. The van der Waals surface area contributed by atoms with Crippen molar-refractivity contribution in [3.8, 4) is 22.9 Å². The molecule has 196 valence electrons. The fraction of sp³-hybridized carbons (Fsp3) is 0.241. The predicted octanol–water partition coefficient (Wildman–Crippen LogP) is 7.12. The first kappa shape index (κ1) is 27.5. The Morgan fingerprint density at radius 2 is 1.95 bits per heavy atom. The Kier molecular flexibility index (Phi) is 8.33. The van der Waals surface area contributed by atoms with E-state index in [1.54, 1.807) is 30.3 Å². The number of ether oxygens (including phenoxy) is 2. The van der Waals surface area contributed by atoms with Gasteiger partial charge in [-0.25, -0.2) is 4.98 Å². The number of aromatic nitrogens is 2. The molecule has 0 aliphatic carbocycles. The molecule has 0 amide bonds. The van der Waals surface area contributed by atoms with Crippen molar-refractivity contribution in [3.63, 3.8) is 0 Å². The van der Waals surface area contributed by atoms with Crippen molar-refractivity contribution in [1.82, 2.24) is 9.66 Å². The van der Waals surface area contributed by atoms with Crippen LogP contribution in [0.15, 0.2) is 62.9 Å². The first-order valence-electron chi connectivity index (χ1n) is 12.1. The van der Waals surface area contributed by atoms with Crippen molar-refractivity contribution in [3.05, 3.63) is 85.1 Å². The van der Waals surface area contributed by atoms with Gasteiger partial charge in [0.15, 0.2) is 11.6 Å². The van der Waals surface area contributed by atoms with E-state index in [0.29, 0.717) is 38.4 Å². The predicted molar refractivity (Wildman–Crippen MR) is 155 cm³/mol. The summed E-state index contributed by atoms with van der Waals surface area (Å²) >= 11 is 9.65. The summed E-state index contributed by atoms with van der Waals surface area (Å²) in [7, 11) is 0. The highest BCUT2D eigenvalue weighted by molar-refractivity contribution is 9.10. The average molecular weight is 597 g/mol. The van der Waals surface area contributed by atoms with Crippen molar-refractivity contribution in [2.45, 2.75) is 40.5 Å². The van der Waals surface area contributed by atoms with Gasteiger partial charge in [-0.15, -0.1) is 0 Å². The number of esters is 1. The molecule has 0 aliphatic rings. The minimum absolute atomic E-state index is 0.176. The Labute approximate surface area is 234 Å². The topological polar surface area (TPSA) is 82.8 Å². The maximum atomic E-state index is 13.7. The molecule has 0 saturated heterocycles. The third-order valence-electron chi connectivity index (χ3n) is 5.87. The molecule has 1 heterocycles. The Hall–Kier alpha value is -3.49. The maximum Gasteiger partial charge on any atom is 0.308 e. The molecule has 0 bridgehead atoms. The summed E-state index contributed by atoms with van der Waals surface area (Å²) in [4.78, 5) is 30.3. The number of carbonyl (C=O) groups is 1. The smallest absolute Gasteiger partial charge is 0.308 e. The maximum absolute atomic E-state index is 13.7. The number of halogens is 2. The van der Waals surface area contributed by atoms with Crippen LogP contribution in [0.4, 0.5) is 0 Å². The number of carbonyl (C=O) groups excluding carboxylic acids is 1. The van der Waals surface area contributed by atoms with Gasteiger partial charge >= 0.3 is 5.97 Å². The molecular weight excluding hydrogens is 570 g/mol. The summed E-state index contributed by atoms with van der Waals surface area (Å²) in [6.45, 7) is 9.92. The third kappa shape index (κ3) is 5.66. The van der Waals surface area contributed by atoms with Crippen LogP contribution in [0.2, 0.25) is 5.02 Å². The Morgan fingerprint density at radius 3 is 2.63 bits per heavy atom. The average Bonchev–Trinajstić information content (AvgIpc) is 2.85. The van der Waals surface area contributed by atoms with Crippen molar-refractivity contribution in [1.29, 1.82) is 0 Å². The fourth-order valence-electron chi connectivity index (χ4n) is 4.12. The number of para-hydroxylation sites is 1. The Bertz CT molecular complexity index is 1630. The van der Waals surface area contributed by atoms with Gasteiger partial charge < -0.3 is 9.47 Å². The van der Waals surface area contributed by atoms with Gasteiger partial charge in [-0.3, -0.25) is 9.59 Å². The Balaban J connectivity index is 1.99. The van der Waals surface area contributed by atoms with Crippen LogP contribution in [-0.2, 0) is 4.79 Å². The monoisotopic (exact) mass is 595 g/mol. The van der Waals surface area contributed by atoms with E-state index >= 15 is 0 Å². The zero-order chi connectivity index (χ0) is 27.6. The number of rotatable bonds is 7. The van der Waals surface area contributed by atoms with Crippen LogP contribution in [0.1, 0.15) is 50.3 Å². The molecule has 0 aliphatic heterocycles. The first-order chi connectivity index (χ1) is 18.1. The largest absolute Gasteiger partial charge is 0.494 e. The number of benzene rings is 3. The fourth-order valence-corrected chi connectivity index (χ4v) is 5.04. The summed E-state index contributed by atoms with van der Waals surface area (Å²) in [5.74, 6) is 1.10. The second-order valence-electron chi connectivity index (χ2n) is 9.01. The van der Waals surface area contributed by atoms with E-state index in [1.165, 1.54) is 17.8 Å². The Morgan fingerprint density at radius 1 is 1.21 bits per heavy atom. The summed E-state index contributed by atoms with van der Waals surface area (Å²) in [5, 5.41) is 5.37. The highest BCUT2D eigenvalue weighted by Gasteiger charge is 2.19. The molecule has 3 aromatic carbocycles. The quantitative estimate of drug-likeness (QED) is 0.129. The summed E-state index contributed by atoms with van der Waals surface area (Å²) in [6, 6.07) is 14.3. The van der Waals surface area contributed by atoms with Gasteiger partial charge in [0.25, 0.3) is 5.56 Å². The minimum Gasteiger partial charge on any atom is -0.494 e. The standard InChI is InChI=1S/C29H27BrClN3O4/c1-6-37-26-11-17(4)23(14-22(26)16(2)3)28-33-25-10-8-7-9-21(25)29(36)34(28)32-15-19-12-20(31)13-24(30)27(19)38-18(5)35/h7-16H,6H2,1-5H3. The molecule has 0 radical (unpaired) electrons. The molecule has 0 saturated carbocycles. The lowest BCUT2D eigenvalue weighted by molar-refractivity contribution is -0.131. The molecule has 4 rings (SSSR count). The van der Waals surface area contributed by atoms with Crippen molar-refractivity contribution in [2.24, 2.45) is 5.10 Å². The van der Waals surface area contributed by atoms with Crippen molar-refractivity contribution in [2.75, 3.05) is 6.61 Å². The van der Waals surface area contributed by atoms with Crippen LogP contribution < -0.4 is 15.0 Å². The molecule has 0 N–H and O–H groups in total. The molecular formula is C29H27BrClN3O4. The number of nitrogens with zero attached hydrogens (tertiary/aromatic N) is 3. The van der Waals surface area contributed by atoms with E-state index in [-0.39, 0.29) is 17.2 Å². The molecule has 0 unspecified atom stereocenters. The molecule has 7 nitrogen and oxygen atoms in total. The first-order valence-corrected chi connectivity index (χ1v) is 13.3. The number of hydrogen-bond donors (Lipinski definition) is 0. The molecule has 9 heteroatoms. The van der Waals surface area contributed by atoms with Gasteiger partial charge in [0.1, 0.15) is 5.75 Å². The van der Waals surface area contributed by atoms with Gasteiger partial charge in [0, 0.05) is 23.1 Å². The molecule has 4 aromatic rings. The van der Waals surface area contributed by atoms with E-state index < -0.39 is 5.97 Å². The molecule has 0 fully saturated rings. The lowest BCUT2D eigenvalue weighted by Gasteiger charge is -2.18. The lowest BCUT2D eigenvalue weighted by Crippen LogP contribution is -2.21. The number of aryl methyl sites for hydroxylation is 1. The molecule has 0 atom stereocenters. The van der Waals surface area contributed by atoms with E-state index in [2.05, 4.69) is 34.9 Å². The number of hydrogen-bond acceptors (Lipinski definition) is 6. The summed E-state index contributed by atoms with van der Waals surface area (Å²) < 4.78 is 13.0. The minimum atomic E-state index is -0.501. The second-order valence-corrected chi connectivity index (χ2v) is 10.3. The van der Waals surface area contributed by atoms with Crippen LogP contribution in [0.25, 0.3) is 22.3 Å². The SMILES string of the molecule is CCOc1cc(C)c(-c2nc3ccccc3c(=O)n2N=Cc2cc(Cl)cc(Br)c2OC(C)=O)cc1C(C)C. The van der Waals surface area contributed by atoms with Gasteiger partial charge in [-0.05, 0) is 83.2 Å². The zero-order valence-corrected chi connectivity index (χ0v) is 24.1. The van der Waals surface area contributed by atoms with Crippen LogP contribution in [-0.4, -0.2) is 28.5 Å².